The zero-order valence-electron chi connectivity index (χ0n) is 30.5. The minimum absolute atomic E-state index is 0. The van der Waals surface area contributed by atoms with Crippen LogP contribution in [0.2, 0.25) is 0 Å². The molecule has 0 aliphatic rings. The Morgan fingerprint density at radius 3 is 0.860 bits per heavy atom. The van der Waals surface area contributed by atoms with Gasteiger partial charge >= 0.3 is 0 Å². The van der Waals surface area contributed by atoms with Crippen LogP contribution >= 0.6 is 27.7 Å². The molecule has 0 radical (unpaired) electrons. The van der Waals surface area contributed by atoms with Crippen molar-refractivity contribution in [3.05, 3.63) is 83.5 Å². The lowest BCUT2D eigenvalue weighted by atomic mass is 9.88. The normalized spacial score (nSPS) is 10.9. The van der Waals surface area contributed by atoms with Crippen molar-refractivity contribution >= 4 is 43.6 Å². The Hall–Kier alpha value is -1.05. The van der Waals surface area contributed by atoms with E-state index in [-0.39, 0.29) is 7.43 Å². The molecule has 0 amide bonds. The number of benzene rings is 3. The molecule has 3 heteroatoms. The molecule has 0 N–H and O–H groups in total. The topological polar surface area (TPSA) is 0 Å². The van der Waals surface area contributed by atoms with Gasteiger partial charge in [0.15, 0.2) is 0 Å². The van der Waals surface area contributed by atoms with Gasteiger partial charge in [-0.2, -0.15) is 0 Å². The van der Waals surface area contributed by atoms with Crippen molar-refractivity contribution in [3.8, 4) is 0 Å². The summed E-state index contributed by atoms with van der Waals surface area (Å²) >= 11 is 0. The van der Waals surface area contributed by atoms with E-state index in [1.54, 1.807) is 0 Å². The average Bonchev–Trinajstić information content (AvgIpc) is 2.91. The van der Waals surface area contributed by atoms with E-state index in [9.17, 15) is 0 Å². The molecular weight excluding hydrogens is 573 g/mol. The molecule has 242 valence electrons. The third-order valence-electron chi connectivity index (χ3n) is 10.00. The zero-order chi connectivity index (χ0) is 33.1. The second-order valence-corrected chi connectivity index (χ2v) is 15.2. The summed E-state index contributed by atoms with van der Waals surface area (Å²) < 4.78 is 0. The van der Waals surface area contributed by atoms with Gasteiger partial charge in [-0.05, 0) is 200 Å². The molecule has 3 unspecified atom stereocenters. The monoisotopic (exact) mass is 640 g/mol. The quantitative estimate of drug-likeness (QED) is 0.250. The molecule has 0 saturated heterocycles. The smallest absolute Gasteiger partial charge is 0.0210 e. The molecule has 0 fully saturated rings. The average molecular weight is 641 g/mol. The molecule has 0 aliphatic heterocycles. The third kappa shape index (κ3) is 9.03. The minimum atomic E-state index is 0. The van der Waals surface area contributed by atoms with Crippen molar-refractivity contribution in [1.82, 2.24) is 0 Å². The minimum Gasteiger partial charge on any atom is -0.105 e. The maximum absolute atomic E-state index is 2.90. The van der Waals surface area contributed by atoms with Gasteiger partial charge in [0.1, 0.15) is 0 Å². The Kier molecular flexibility index (Phi) is 16.6. The first-order chi connectivity index (χ1) is 19.1. The summed E-state index contributed by atoms with van der Waals surface area (Å²) in [4.78, 5) is 0. The largest absolute Gasteiger partial charge is 0.105 e. The summed E-state index contributed by atoms with van der Waals surface area (Å²) in [5, 5.41) is 4.17. The van der Waals surface area contributed by atoms with Crippen LogP contribution in [-0.2, 0) is 0 Å². The Bertz CT molecular complexity index is 1170. The van der Waals surface area contributed by atoms with Crippen LogP contribution in [0, 0.1) is 83.1 Å². The van der Waals surface area contributed by atoms with Gasteiger partial charge in [-0.3, -0.25) is 0 Å². The fraction of sp³-hybridized carbons (Fsp3) is 0.550. The summed E-state index contributed by atoms with van der Waals surface area (Å²) in [6.07, 6.45) is 0. The van der Waals surface area contributed by atoms with E-state index in [1.807, 2.05) is 0 Å². The van der Waals surface area contributed by atoms with Crippen LogP contribution in [-0.4, -0.2) is 0 Å². The van der Waals surface area contributed by atoms with Gasteiger partial charge in [0, 0.05) is 0 Å². The van der Waals surface area contributed by atoms with Crippen molar-refractivity contribution in [1.29, 1.82) is 0 Å². The molecule has 0 aliphatic carbocycles. The van der Waals surface area contributed by atoms with E-state index in [4.69, 9.17) is 0 Å². The van der Waals surface area contributed by atoms with Crippen molar-refractivity contribution in [2.24, 2.45) is 0 Å². The van der Waals surface area contributed by atoms with Gasteiger partial charge in [0.2, 0.25) is 0 Å². The lowest BCUT2D eigenvalue weighted by Gasteiger charge is -2.20. The van der Waals surface area contributed by atoms with Crippen LogP contribution in [0.3, 0.4) is 0 Å². The Morgan fingerprint density at radius 2 is 0.488 bits per heavy atom. The molecule has 0 bridgehead atoms. The second-order valence-electron chi connectivity index (χ2n) is 13.4. The van der Waals surface area contributed by atoms with Gasteiger partial charge < -0.3 is 0 Å². The van der Waals surface area contributed by atoms with Crippen LogP contribution in [0.4, 0.5) is 0 Å². The van der Waals surface area contributed by atoms with Crippen LogP contribution in [0.25, 0.3) is 0 Å². The molecule has 0 saturated carbocycles. The molecule has 0 heterocycles. The standard InChI is InChI=1S/3C13H21P.CH4/c1-7(2)12-8(3)10(5)13(14)11(6)9(12)4;1-7(2)12-9(4)8(3)10(5)13(14)11(12)6;1-7(2)12-10(5)8(3)9(4)11(6)13(12)14;/h3*7H,14H2,1-6H3;1H4. The second kappa shape index (κ2) is 17.0. The van der Waals surface area contributed by atoms with E-state index >= 15 is 0 Å². The summed E-state index contributed by atoms with van der Waals surface area (Å²) in [7, 11) is 8.65. The van der Waals surface area contributed by atoms with E-state index in [0.717, 1.165) is 0 Å². The lowest BCUT2D eigenvalue weighted by Crippen LogP contribution is -2.14. The number of hydrogen-bond acceptors (Lipinski definition) is 0. The van der Waals surface area contributed by atoms with Crippen LogP contribution < -0.4 is 15.9 Å². The predicted molar refractivity (Wildman–Crippen MR) is 213 cm³/mol. The van der Waals surface area contributed by atoms with Crippen molar-refractivity contribution < 1.29 is 0 Å². The number of hydrogen-bond donors (Lipinski definition) is 0. The molecule has 43 heavy (non-hydrogen) atoms. The fourth-order valence-corrected chi connectivity index (χ4v) is 8.18. The van der Waals surface area contributed by atoms with E-state index in [1.165, 1.54) is 99.4 Å². The van der Waals surface area contributed by atoms with E-state index in [2.05, 4.69) is 152 Å². The van der Waals surface area contributed by atoms with Gasteiger partial charge in [-0.15, -0.1) is 27.7 Å². The van der Waals surface area contributed by atoms with Crippen molar-refractivity contribution in [3.63, 3.8) is 0 Å². The molecule has 3 atom stereocenters. The van der Waals surface area contributed by atoms with E-state index in [0.29, 0.717) is 17.8 Å². The van der Waals surface area contributed by atoms with Crippen LogP contribution in [0.1, 0.15) is 150 Å². The van der Waals surface area contributed by atoms with E-state index < -0.39 is 0 Å². The van der Waals surface area contributed by atoms with Gasteiger partial charge in [-0.25, -0.2) is 0 Å². The Labute approximate surface area is 276 Å². The summed E-state index contributed by atoms with van der Waals surface area (Å²) in [5.74, 6) is 1.85. The third-order valence-corrected chi connectivity index (χ3v) is 12.5. The van der Waals surface area contributed by atoms with Gasteiger partial charge in [-0.1, -0.05) is 49.0 Å². The van der Waals surface area contributed by atoms with Crippen molar-refractivity contribution in [2.45, 2.75) is 150 Å². The van der Waals surface area contributed by atoms with Gasteiger partial charge in [0.05, 0.1) is 0 Å². The highest BCUT2D eigenvalue weighted by Crippen LogP contribution is 2.29. The first kappa shape index (κ1) is 42.0. The SMILES string of the molecule is C.Cc1c(C)c(C(C)C)c(C)c(C)c1P.Cc1c(C)c(C)c(C(C)C)c(P)c1C.Cc1c(C)c(P)c(C)c(C(C)C)c1C. The molecule has 0 nitrogen and oxygen atoms in total. The maximum Gasteiger partial charge on any atom is -0.0210 e. The van der Waals surface area contributed by atoms with Crippen LogP contribution in [0.5, 0.6) is 0 Å². The Balaban J connectivity index is 0.000000608. The first-order valence-corrected chi connectivity index (χ1v) is 17.4. The fourth-order valence-electron chi connectivity index (χ4n) is 6.61. The van der Waals surface area contributed by atoms with Crippen molar-refractivity contribution in [2.75, 3.05) is 0 Å². The van der Waals surface area contributed by atoms with Gasteiger partial charge in [0.25, 0.3) is 0 Å². The summed E-state index contributed by atoms with van der Waals surface area (Å²) in [6.45, 7) is 40.4. The molecule has 0 spiro atoms. The Morgan fingerprint density at radius 1 is 0.279 bits per heavy atom. The lowest BCUT2D eigenvalue weighted by molar-refractivity contribution is 0.841. The highest BCUT2D eigenvalue weighted by molar-refractivity contribution is 7.28. The molecule has 3 aromatic rings. The first-order valence-electron chi connectivity index (χ1n) is 15.7. The molecular formula is C40H67P3. The maximum atomic E-state index is 2.90. The summed E-state index contributed by atoms with van der Waals surface area (Å²) in [5.41, 5.74) is 22.0. The zero-order valence-corrected chi connectivity index (χ0v) is 33.9. The highest BCUT2D eigenvalue weighted by Gasteiger charge is 2.16. The molecule has 3 aromatic carbocycles. The summed E-state index contributed by atoms with van der Waals surface area (Å²) in [6, 6.07) is 0. The number of rotatable bonds is 3. The van der Waals surface area contributed by atoms with Crippen LogP contribution in [0.15, 0.2) is 0 Å². The molecule has 0 aromatic heterocycles. The highest BCUT2D eigenvalue weighted by atomic mass is 31.0. The predicted octanol–water partition coefficient (Wildman–Crippen LogP) is 11.3. The molecule has 3 rings (SSSR count).